The maximum atomic E-state index is 13.4. The number of H-pyrrole nitrogens is 1. The van der Waals surface area contributed by atoms with Crippen molar-refractivity contribution in [2.24, 2.45) is 10.4 Å². The Morgan fingerprint density at radius 3 is 2.46 bits per heavy atom. The van der Waals surface area contributed by atoms with Crippen LogP contribution in [0.4, 0.5) is 0 Å². The fourth-order valence-electron chi connectivity index (χ4n) is 6.41. The van der Waals surface area contributed by atoms with E-state index in [-0.39, 0.29) is 5.91 Å². The molecule has 3 aliphatic heterocycles. The van der Waals surface area contributed by atoms with Crippen molar-refractivity contribution in [2.45, 2.75) is 71.5 Å². The van der Waals surface area contributed by atoms with E-state index in [0.717, 1.165) is 57.0 Å². The zero-order valence-corrected chi connectivity index (χ0v) is 22.5. The molecule has 0 saturated carbocycles. The highest BCUT2D eigenvalue weighted by molar-refractivity contribution is 5.94. The van der Waals surface area contributed by atoms with E-state index in [4.69, 9.17) is 0 Å². The number of allylic oxidation sites excluding steroid dienone is 1. The number of aromatic nitrogens is 2. The number of aliphatic imine (C=N–C) groups is 1. The van der Waals surface area contributed by atoms with E-state index >= 15 is 0 Å². The van der Waals surface area contributed by atoms with Gasteiger partial charge in [-0.2, -0.15) is 0 Å². The molecule has 2 saturated heterocycles. The number of likely N-dealkylation sites (tertiary alicyclic amines) is 2. The molecule has 0 aliphatic carbocycles. The molecule has 37 heavy (non-hydrogen) atoms. The van der Waals surface area contributed by atoms with Crippen LogP contribution in [0, 0.1) is 5.41 Å². The largest absolute Gasteiger partial charge is 0.348 e. The summed E-state index contributed by atoms with van der Waals surface area (Å²) in [5.41, 5.74) is 3.49. The molecule has 2 fully saturated rings. The van der Waals surface area contributed by atoms with Gasteiger partial charge in [0, 0.05) is 68.5 Å². The third-order valence-corrected chi connectivity index (χ3v) is 8.70. The maximum absolute atomic E-state index is 13.4. The minimum absolute atomic E-state index is 0.185. The third-order valence-electron chi connectivity index (χ3n) is 8.70. The van der Waals surface area contributed by atoms with Crippen LogP contribution >= 0.6 is 0 Å². The van der Waals surface area contributed by atoms with E-state index in [1.165, 1.54) is 50.0 Å². The Bertz CT molecular complexity index is 1080. The summed E-state index contributed by atoms with van der Waals surface area (Å²) in [6.07, 6.45) is 14.6. The summed E-state index contributed by atoms with van der Waals surface area (Å²) in [4.78, 5) is 32.6. The van der Waals surface area contributed by atoms with E-state index in [9.17, 15) is 4.79 Å². The molecule has 2 aromatic rings. The molecular formula is C30H42N6O. The summed E-state index contributed by atoms with van der Waals surface area (Å²) in [5.74, 6) is 1.14. The first-order valence-electron chi connectivity index (χ1n) is 14.1. The number of rotatable bonds is 10. The Balaban J connectivity index is 1.17. The van der Waals surface area contributed by atoms with Crippen molar-refractivity contribution in [3.8, 4) is 0 Å². The molecule has 1 aromatic heterocycles. The Morgan fingerprint density at radius 1 is 1.05 bits per heavy atom. The number of carbonyl (C=O) groups is 1. The smallest absolute Gasteiger partial charge is 0.253 e. The van der Waals surface area contributed by atoms with Gasteiger partial charge in [0.2, 0.25) is 0 Å². The molecule has 5 rings (SSSR count). The Kier molecular flexibility index (Phi) is 8.20. The van der Waals surface area contributed by atoms with Crippen LogP contribution in [-0.4, -0.2) is 75.1 Å². The molecule has 7 heteroatoms. The zero-order chi connectivity index (χ0) is 25.7. The van der Waals surface area contributed by atoms with Crippen molar-refractivity contribution in [3.05, 3.63) is 65.9 Å². The van der Waals surface area contributed by atoms with Gasteiger partial charge in [-0.25, -0.2) is 4.98 Å². The second-order valence-electron chi connectivity index (χ2n) is 11.1. The molecule has 7 nitrogen and oxygen atoms in total. The van der Waals surface area contributed by atoms with E-state index in [2.05, 4.69) is 61.7 Å². The van der Waals surface area contributed by atoms with Crippen molar-refractivity contribution >= 4 is 11.6 Å². The number of carbonyl (C=O) groups excluding carboxylic acids is 1. The van der Waals surface area contributed by atoms with Gasteiger partial charge in [-0.05, 0) is 68.3 Å². The number of hydrogen-bond donors (Lipinski definition) is 1. The summed E-state index contributed by atoms with van der Waals surface area (Å²) in [7, 11) is 0. The molecule has 198 valence electrons. The molecule has 0 radical (unpaired) electrons. The number of piperidine rings is 1. The molecular weight excluding hydrogens is 460 g/mol. The average Bonchev–Trinajstić information content (AvgIpc) is 3.70. The molecule has 1 spiro atoms. The van der Waals surface area contributed by atoms with Crippen LogP contribution in [0.5, 0.6) is 0 Å². The van der Waals surface area contributed by atoms with Gasteiger partial charge in [-0.3, -0.25) is 14.7 Å². The van der Waals surface area contributed by atoms with Crippen LogP contribution in [-0.2, 0) is 13.1 Å². The number of nitrogens with one attached hydrogen (secondary N) is 1. The van der Waals surface area contributed by atoms with Gasteiger partial charge in [-0.15, -0.1) is 0 Å². The molecule has 0 bridgehead atoms. The van der Waals surface area contributed by atoms with Gasteiger partial charge in [0.1, 0.15) is 5.82 Å². The summed E-state index contributed by atoms with van der Waals surface area (Å²) in [5, 5.41) is 0. The number of imidazole rings is 1. The lowest BCUT2D eigenvalue weighted by molar-refractivity contribution is 0.0629. The molecule has 1 amide bonds. The molecule has 1 aromatic carbocycles. The average molecular weight is 503 g/mol. The Hall–Kier alpha value is -2.77. The number of amides is 1. The molecule has 4 heterocycles. The van der Waals surface area contributed by atoms with Gasteiger partial charge in [0.25, 0.3) is 5.91 Å². The highest BCUT2D eigenvalue weighted by Gasteiger charge is 2.42. The highest BCUT2D eigenvalue weighted by atomic mass is 16.2. The molecule has 1 N–H and O–H groups in total. The number of nitrogens with zero attached hydrogens (tertiary/aromatic N) is 5. The second kappa shape index (κ2) is 11.7. The molecule has 3 aliphatic rings. The van der Waals surface area contributed by atoms with Crippen molar-refractivity contribution in [2.75, 3.05) is 32.7 Å². The summed E-state index contributed by atoms with van der Waals surface area (Å²) in [6, 6.07) is 8.96. The van der Waals surface area contributed by atoms with Crippen LogP contribution in [0.2, 0.25) is 0 Å². The number of aromatic amines is 1. The SMILES string of the molecule is CCC(CC)N1CCC2(CCN(C(=O)c3ccc(CN(CC4=NC=CC4)Cc4ncc[nH]4)cc3)C2)CC1. The molecule has 0 atom stereocenters. The summed E-state index contributed by atoms with van der Waals surface area (Å²) in [6.45, 7) is 11.1. The number of hydrogen-bond acceptors (Lipinski definition) is 5. The summed E-state index contributed by atoms with van der Waals surface area (Å²) >= 11 is 0. The standard InChI is InChI=1S/C30H42N6O/c1-3-27(4-2)35-17-11-30(12-18-35)13-19-36(23-30)29(37)25-9-7-24(8-10-25)20-34(21-26-6-5-14-31-26)22-28-32-15-16-33-28/h5,7-10,14-16,27H,3-4,6,11-13,17-23H2,1-2H3,(H,32,33). The lowest BCUT2D eigenvalue weighted by Crippen LogP contribution is -2.46. The summed E-state index contributed by atoms with van der Waals surface area (Å²) < 4.78 is 0. The first-order valence-corrected chi connectivity index (χ1v) is 14.1. The lowest BCUT2D eigenvalue weighted by atomic mass is 9.77. The van der Waals surface area contributed by atoms with Gasteiger partial charge >= 0.3 is 0 Å². The van der Waals surface area contributed by atoms with E-state index < -0.39 is 0 Å². The Morgan fingerprint density at radius 2 is 1.81 bits per heavy atom. The van der Waals surface area contributed by atoms with Gasteiger partial charge < -0.3 is 14.8 Å². The fraction of sp³-hybridized carbons (Fsp3) is 0.567. The van der Waals surface area contributed by atoms with Gasteiger partial charge in [0.15, 0.2) is 0 Å². The monoisotopic (exact) mass is 502 g/mol. The van der Waals surface area contributed by atoms with Crippen LogP contribution in [0.1, 0.15) is 74.1 Å². The van der Waals surface area contributed by atoms with Crippen molar-refractivity contribution < 1.29 is 4.79 Å². The lowest BCUT2D eigenvalue weighted by Gasteiger charge is -2.42. The van der Waals surface area contributed by atoms with Gasteiger partial charge in [0.05, 0.1) is 6.54 Å². The van der Waals surface area contributed by atoms with Crippen LogP contribution in [0.15, 0.2) is 53.9 Å². The minimum atomic E-state index is 0.185. The highest BCUT2D eigenvalue weighted by Crippen LogP contribution is 2.41. The maximum Gasteiger partial charge on any atom is 0.253 e. The van der Waals surface area contributed by atoms with Crippen molar-refractivity contribution in [1.29, 1.82) is 0 Å². The van der Waals surface area contributed by atoms with E-state index in [1.807, 2.05) is 24.5 Å². The predicted octanol–water partition coefficient (Wildman–Crippen LogP) is 4.89. The quantitative estimate of drug-likeness (QED) is 0.502. The Labute approximate surface area is 221 Å². The zero-order valence-electron chi connectivity index (χ0n) is 22.5. The van der Waals surface area contributed by atoms with Gasteiger partial charge in [-0.1, -0.05) is 32.1 Å². The van der Waals surface area contributed by atoms with Crippen LogP contribution < -0.4 is 0 Å². The van der Waals surface area contributed by atoms with E-state index in [1.54, 1.807) is 6.20 Å². The van der Waals surface area contributed by atoms with Crippen molar-refractivity contribution in [3.63, 3.8) is 0 Å². The minimum Gasteiger partial charge on any atom is -0.348 e. The topological polar surface area (TPSA) is 67.8 Å². The van der Waals surface area contributed by atoms with Crippen molar-refractivity contribution in [1.82, 2.24) is 24.7 Å². The predicted molar refractivity (Wildman–Crippen MR) is 148 cm³/mol. The third kappa shape index (κ3) is 6.21. The first kappa shape index (κ1) is 25.9. The van der Waals surface area contributed by atoms with E-state index in [0.29, 0.717) is 11.5 Å². The second-order valence-corrected chi connectivity index (χ2v) is 11.1. The first-order chi connectivity index (χ1) is 18.1. The van der Waals surface area contributed by atoms with Crippen LogP contribution in [0.25, 0.3) is 0 Å². The molecule has 0 unspecified atom stereocenters. The normalized spacial score (nSPS) is 19.5. The van der Waals surface area contributed by atoms with Crippen LogP contribution in [0.3, 0.4) is 0 Å². The fourth-order valence-corrected chi connectivity index (χ4v) is 6.41. The number of benzene rings is 1.